The highest BCUT2D eigenvalue weighted by Crippen LogP contribution is 2.32. The van der Waals surface area contributed by atoms with E-state index in [0.717, 1.165) is 35.3 Å². The number of likely N-dealkylation sites (N-methyl/N-ethyl adjacent to an activating group) is 1. The molecule has 2 aromatic carbocycles. The zero-order valence-corrected chi connectivity index (χ0v) is 18.6. The molecule has 1 aliphatic rings. The molecule has 0 unspecified atom stereocenters. The Bertz CT molecular complexity index is 1170. The van der Waals surface area contributed by atoms with Crippen molar-refractivity contribution in [2.45, 2.75) is 20.8 Å². The van der Waals surface area contributed by atoms with Crippen molar-refractivity contribution in [1.29, 1.82) is 0 Å². The van der Waals surface area contributed by atoms with Gasteiger partial charge in [-0.15, -0.1) is 0 Å². The second kappa shape index (κ2) is 8.55. The minimum Gasteiger partial charge on any atom is -0.476 e. The summed E-state index contributed by atoms with van der Waals surface area (Å²) in [5, 5.41) is 0.463. The lowest BCUT2D eigenvalue weighted by Crippen LogP contribution is -3.12. The monoisotopic (exact) mass is 421 g/mol. The fourth-order valence-electron chi connectivity index (χ4n) is 3.82. The first-order valence-corrected chi connectivity index (χ1v) is 10.7. The number of amides is 1. The summed E-state index contributed by atoms with van der Waals surface area (Å²) in [4.78, 5) is 29.3. The number of carbonyl (C=O) groups is 1. The lowest BCUT2D eigenvalue weighted by molar-refractivity contribution is -0.883. The van der Waals surface area contributed by atoms with Gasteiger partial charge in [-0.2, -0.15) is 0 Å². The molecule has 6 nitrogen and oxygen atoms in total. The third-order valence-electron chi connectivity index (χ3n) is 6.09. The van der Waals surface area contributed by atoms with Gasteiger partial charge in [0, 0.05) is 5.56 Å². The second-order valence-electron chi connectivity index (χ2n) is 8.51. The Kier molecular flexibility index (Phi) is 5.83. The van der Waals surface area contributed by atoms with E-state index in [9.17, 15) is 9.59 Å². The molecule has 0 saturated carbocycles. The molecule has 3 aromatic rings. The van der Waals surface area contributed by atoms with E-state index in [0.29, 0.717) is 29.8 Å². The van der Waals surface area contributed by atoms with Crippen LogP contribution in [0.15, 0.2) is 45.6 Å². The second-order valence-corrected chi connectivity index (χ2v) is 8.51. The Morgan fingerprint density at radius 3 is 2.39 bits per heavy atom. The normalized spacial score (nSPS) is 14.8. The van der Waals surface area contributed by atoms with Crippen molar-refractivity contribution in [2.75, 3.05) is 39.8 Å². The van der Waals surface area contributed by atoms with Crippen LogP contribution in [0.5, 0.6) is 5.75 Å². The minimum atomic E-state index is -0.254. The van der Waals surface area contributed by atoms with Crippen molar-refractivity contribution in [3.05, 3.63) is 63.3 Å². The molecule has 2 heterocycles. The molecule has 1 fully saturated rings. The first-order chi connectivity index (χ1) is 14.8. The van der Waals surface area contributed by atoms with Crippen LogP contribution in [0.1, 0.15) is 16.7 Å². The molecular formula is C25H29N2O4+. The number of quaternary nitrogens is 1. The van der Waals surface area contributed by atoms with Gasteiger partial charge in [0.15, 0.2) is 12.4 Å². The molecule has 1 N–H and O–H groups in total. The topological polar surface area (TPSA) is 64.2 Å². The van der Waals surface area contributed by atoms with Crippen molar-refractivity contribution in [3.63, 3.8) is 0 Å². The molecule has 0 atom stereocenters. The van der Waals surface area contributed by atoms with Crippen molar-refractivity contribution in [1.82, 2.24) is 4.90 Å². The number of rotatable bonds is 4. The number of piperazine rings is 1. The number of hydrogen-bond donors (Lipinski definition) is 1. The van der Waals surface area contributed by atoms with E-state index in [2.05, 4.69) is 7.05 Å². The molecule has 31 heavy (non-hydrogen) atoms. The largest absolute Gasteiger partial charge is 0.476 e. The summed E-state index contributed by atoms with van der Waals surface area (Å²) in [5.41, 5.74) is 4.16. The molecule has 6 heteroatoms. The van der Waals surface area contributed by atoms with Crippen LogP contribution in [0.25, 0.3) is 22.3 Å². The predicted molar refractivity (Wildman–Crippen MR) is 121 cm³/mol. The maximum absolute atomic E-state index is 13.4. The lowest BCUT2D eigenvalue weighted by atomic mass is 10.0. The van der Waals surface area contributed by atoms with Gasteiger partial charge in [-0.25, -0.2) is 0 Å². The molecule has 0 bridgehead atoms. The number of aryl methyl sites for hydroxylation is 3. The van der Waals surface area contributed by atoms with E-state index in [1.807, 2.05) is 57.2 Å². The summed E-state index contributed by atoms with van der Waals surface area (Å²) in [5.74, 6) is 0.339. The quantitative estimate of drug-likeness (QED) is 0.701. The Morgan fingerprint density at radius 2 is 1.71 bits per heavy atom. The van der Waals surface area contributed by atoms with Gasteiger partial charge in [-0.05, 0) is 44.0 Å². The summed E-state index contributed by atoms with van der Waals surface area (Å²) in [6.45, 7) is 8.99. The maximum atomic E-state index is 13.4. The zero-order chi connectivity index (χ0) is 22.1. The van der Waals surface area contributed by atoms with Gasteiger partial charge >= 0.3 is 0 Å². The van der Waals surface area contributed by atoms with E-state index in [4.69, 9.17) is 9.15 Å². The summed E-state index contributed by atoms with van der Waals surface area (Å²) in [6, 6.07) is 11.4. The first-order valence-electron chi connectivity index (χ1n) is 10.7. The maximum Gasteiger partial charge on any atom is 0.260 e. The number of ether oxygens (including phenoxy) is 1. The van der Waals surface area contributed by atoms with Crippen LogP contribution in [0, 0.1) is 20.8 Å². The highest BCUT2D eigenvalue weighted by molar-refractivity contribution is 5.84. The fourth-order valence-corrected chi connectivity index (χ4v) is 3.82. The molecule has 0 radical (unpaired) electrons. The van der Waals surface area contributed by atoms with Crippen LogP contribution in [0.4, 0.5) is 0 Å². The number of nitrogens with zero attached hydrogens (tertiary/aromatic N) is 1. The first kappa shape index (κ1) is 21.1. The van der Waals surface area contributed by atoms with Gasteiger partial charge in [-0.3, -0.25) is 9.59 Å². The van der Waals surface area contributed by atoms with Gasteiger partial charge < -0.3 is 19.0 Å². The van der Waals surface area contributed by atoms with Crippen LogP contribution in [-0.4, -0.2) is 50.6 Å². The lowest BCUT2D eigenvalue weighted by Gasteiger charge is -2.30. The van der Waals surface area contributed by atoms with Gasteiger partial charge in [0.2, 0.25) is 11.2 Å². The van der Waals surface area contributed by atoms with Crippen LogP contribution in [0.2, 0.25) is 0 Å². The van der Waals surface area contributed by atoms with Crippen molar-refractivity contribution in [2.24, 2.45) is 0 Å². The Balaban J connectivity index is 1.73. The van der Waals surface area contributed by atoms with Crippen molar-refractivity contribution >= 4 is 16.9 Å². The zero-order valence-electron chi connectivity index (χ0n) is 18.6. The van der Waals surface area contributed by atoms with E-state index >= 15 is 0 Å². The Labute approximate surface area is 182 Å². The van der Waals surface area contributed by atoms with E-state index < -0.39 is 0 Å². The summed E-state index contributed by atoms with van der Waals surface area (Å²) in [6.07, 6.45) is 0. The number of benzene rings is 2. The number of nitrogens with one attached hydrogen (secondary N) is 1. The van der Waals surface area contributed by atoms with Crippen molar-refractivity contribution in [3.8, 4) is 17.1 Å². The molecule has 1 aromatic heterocycles. The number of hydrogen-bond acceptors (Lipinski definition) is 4. The van der Waals surface area contributed by atoms with Crippen molar-refractivity contribution < 1.29 is 18.8 Å². The molecule has 1 amide bonds. The Hall–Kier alpha value is -3.12. The van der Waals surface area contributed by atoms with Gasteiger partial charge in [0.05, 0.1) is 38.6 Å². The highest BCUT2D eigenvalue weighted by Gasteiger charge is 2.24. The number of fused-ring (bicyclic) bond motifs is 1. The minimum absolute atomic E-state index is 0.0905. The molecule has 4 rings (SSSR count). The average Bonchev–Trinajstić information content (AvgIpc) is 2.75. The van der Waals surface area contributed by atoms with Crippen LogP contribution in [-0.2, 0) is 4.79 Å². The summed E-state index contributed by atoms with van der Waals surface area (Å²) < 4.78 is 12.0. The fraction of sp³-hybridized carbons (Fsp3) is 0.360. The average molecular weight is 422 g/mol. The van der Waals surface area contributed by atoms with E-state index in [1.54, 1.807) is 4.90 Å². The Morgan fingerprint density at radius 1 is 1.06 bits per heavy atom. The van der Waals surface area contributed by atoms with E-state index in [1.165, 1.54) is 4.90 Å². The van der Waals surface area contributed by atoms with Crippen LogP contribution in [0.3, 0.4) is 0 Å². The van der Waals surface area contributed by atoms with E-state index in [-0.39, 0.29) is 23.7 Å². The standard InChI is InChI=1S/C25H28N2O4/c1-16-5-7-19(8-6-16)24-25(30-15-22(28)27-11-9-26(4)10-12-27)23(29)20-13-17(2)18(3)14-21(20)31-24/h5-8,13-14H,9-12,15H2,1-4H3/p+1. The molecular weight excluding hydrogens is 392 g/mol. The molecule has 162 valence electrons. The SMILES string of the molecule is Cc1ccc(-c2oc3cc(C)c(C)cc3c(=O)c2OCC(=O)N2CC[NH+](C)CC2)cc1. The number of carbonyl (C=O) groups excluding carboxylic acids is 1. The smallest absolute Gasteiger partial charge is 0.260 e. The predicted octanol–water partition coefficient (Wildman–Crippen LogP) is 2.12. The third kappa shape index (κ3) is 4.35. The van der Waals surface area contributed by atoms with Gasteiger partial charge in [0.1, 0.15) is 5.58 Å². The molecule has 1 aliphatic heterocycles. The summed E-state index contributed by atoms with van der Waals surface area (Å²) >= 11 is 0. The van der Waals surface area contributed by atoms with Gasteiger partial charge in [0.25, 0.3) is 5.91 Å². The molecule has 0 aliphatic carbocycles. The van der Waals surface area contributed by atoms with Crippen LogP contribution < -0.4 is 15.1 Å². The summed E-state index contributed by atoms with van der Waals surface area (Å²) in [7, 11) is 2.12. The van der Waals surface area contributed by atoms with Gasteiger partial charge in [-0.1, -0.05) is 29.8 Å². The highest BCUT2D eigenvalue weighted by atomic mass is 16.5. The van der Waals surface area contributed by atoms with Crippen LogP contribution >= 0.6 is 0 Å². The molecule has 0 spiro atoms. The third-order valence-corrected chi connectivity index (χ3v) is 6.09. The molecule has 1 saturated heterocycles.